The number of aryl methyl sites for hydroxylation is 1. The van der Waals surface area contributed by atoms with Crippen molar-refractivity contribution in [3.63, 3.8) is 0 Å². The standard InChI is InChI=1S/C11H18N2O3S2/c1-8-12-6-11(17-8)18(15,16)13-10-5-3-2-4-9(10)7-14/h6,9-10,13-14H,2-5,7H2,1H3. The number of hydrogen-bond donors (Lipinski definition) is 2. The van der Waals surface area contributed by atoms with Crippen molar-refractivity contribution in [2.45, 2.75) is 42.9 Å². The summed E-state index contributed by atoms with van der Waals surface area (Å²) < 4.78 is 27.3. The van der Waals surface area contributed by atoms with Gasteiger partial charge >= 0.3 is 0 Å². The number of nitrogens with one attached hydrogen (secondary N) is 1. The molecule has 2 N–H and O–H groups in total. The van der Waals surface area contributed by atoms with Gasteiger partial charge in [0.25, 0.3) is 10.0 Å². The lowest BCUT2D eigenvalue weighted by Crippen LogP contribution is -2.43. The largest absolute Gasteiger partial charge is 0.396 e. The predicted octanol–water partition coefficient (Wildman–Crippen LogP) is 1.28. The van der Waals surface area contributed by atoms with Gasteiger partial charge in [-0.05, 0) is 25.7 Å². The first-order valence-corrected chi connectivity index (χ1v) is 8.38. The molecule has 18 heavy (non-hydrogen) atoms. The highest BCUT2D eigenvalue weighted by Gasteiger charge is 2.29. The number of aliphatic hydroxyl groups excluding tert-OH is 1. The van der Waals surface area contributed by atoms with Gasteiger partial charge in [0.15, 0.2) is 4.21 Å². The van der Waals surface area contributed by atoms with Gasteiger partial charge in [0.2, 0.25) is 0 Å². The van der Waals surface area contributed by atoms with Crippen molar-refractivity contribution in [2.75, 3.05) is 6.61 Å². The Morgan fingerprint density at radius 2 is 2.22 bits per heavy atom. The maximum atomic E-state index is 12.2. The predicted molar refractivity (Wildman–Crippen MR) is 70.0 cm³/mol. The topological polar surface area (TPSA) is 79.3 Å². The van der Waals surface area contributed by atoms with Crippen LogP contribution in [-0.4, -0.2) is 31.2 Å². The third kappa shape index (κ3) is 3.09. The van der Waals surface area contributed by atoms with E-state index in [0.717, 1.165) is 30.7 Å². The Balaban J connectivity index is 2.12. The molecule has 1 aromatic rings. The molecule has 1 aromatic heterocycles. The van der Waals surface area contributed by atoms with Crippen molar-refractivity contribution in [1.82, 2.24) is 9.71 Å². The van der Waals surface area contributed by atoms with E-state index in [0.29, 0.717) is 0 Å². The fourth-order valence-corrected chi connectivity index (χ4v) is 4.77. The van der Waals surface area contributed by atoms with E-state index in [1.807, 2.05) is 0 Å². The van der Waals surface area contributed by atoms with E-state index in [-0.39, 0.29) is 22.8 Å². The molecule has 0 aromatic carbocycles. The molecule has 0 spiro atoms. The van der Waals surface area contributed by atoms with Gasteiger partial charge in [-0.2, -0.15) is 0 Å². The van der Waals surface area contributed by atoms with Gasteiger partial charge in [0, 0.05) is 12.6 Å². The van der Waals surface area contributed by atoms with Gasteiger partial charge in [-0.3, -0.25) is 0 Å². The summed E-state index contributed by atoms with van der Waals surface area (Å²) in [5, 5.41) is 10.0. The molecule has 5 nitrogen and oxygen atoms in total. The van der Waals surface area contributed by atoms with Crippen molar-refractivity contribution >= 4 is 21.4 Å². The van der Waals surface area contributed by atoms with Crippen molar-refractivity contribution in [2.24, 2.45) is 5.92 Å². The first kappa shape index (κ1) is 13.9. The minimum absolute atomic E-state index is 0.0301. The highest BCUT2D eigenvalue weighted by molar-refractivity contribution is 7.91. The molecular formula is C11H18N2O3S2. The summed E-state index contributed by atoms with van der Waals surface area (Å²) in [7, 11) is -3.49. The minimum Gasteiger partial charge on any atom is -0.396 e. The van der Waals surface area contributed by atoms with Crippen LogP contribution in [0.4, 0.5) is 0 Å². The van der Waals surface area contributed by atoms with Crippen molar-refractivity contribution in [1.29, 1.82) is 0 Å². The molecule has 102 valence electrons. The van der Waals surface area contributed by atoms with Gasteiger partial charge in [0.05, 0.1) is 11.2 Å². The molecule has 0 radical (unpaired) electrons. The molecule has 1 aliphatic carbocycles. The van der Waals surface area contributed by atoms with Crippen LogP contribution in [-0.2, 0) is 10.0 Å². The lowest BCUT2D eigenvalue weighted by atomic mass is 9.86. The Labute approximate surface area is 111 Å². The van der Waals surface area contributed by atoms with E-state index in [2.05, 4.69) is 9.71 Å². The minimum atomic E-state index is -3.49. The third-order valence-electron chi connectivity index (χ3n) is 3.32. The van der Waals surface area contributed by atoms with Crippen molar-refractivity contribution in [3.05, 3.63) is 11.2 Å². The molecule has 0 amide bonds. The molecule has 7 heteroatoms. The van der Waals surface area contributed by atoms with Crippen LogP contribution in [0.25, 0.3) is 0 Å². The van der Waals surface area contributed by atoms with Crippen LogP contribution in [0.1, 0.15) is 30.7 Å². The first-order valence-electron chi connectivity index (χ1n) is 6.08. The van der Waals surface area contributed by atoms with Crippen molar-refractivity contribution < 1.29 is 13.5 Å². The summed E-state index contributed by atoms with van der Waals surface area (Å²) in [6.45, 7) is 1.82. The van der Waals surface area contributed by atoms with Crippen LogP contribution in [0.2, 0.25) is 0 Å². The van der Waals surface area contributed by atoms with Crippen LogP contribution in [0, 0.1) is 12.8 Å². The normalized spacial score (nSPS) is 25.2. The zero-order chi connectivity index (χ0) is 13.2. The quantitative estimate of drug-likeness (QED) is 0.875. The molecular weight excluding hydrogens is 272 g/mol. The Kier molecular flexibility index (Phi) is 4.37. The van der Waals surface area contributed by atoms with Crippen LogP contribution < -0.4 is 4.72 Å². The summed E-state index contributed by atoms with van der Waals surface area (Å²) >= 11 is 1.17. The maximum absolute atomic E-state index is 12.2. The zero-order valence-electron chi connectivity index (χ0n) is 10.3. The summed E-state index contributed by atoms with van der Waals surface area (Å²) in [5.74, 6) is 0.0301. The zero-order valence-corrected chi connectivity index (χ0v) is 11.9. The van der Waals surface area contributed by atoms with Gasteiger partial charge in [-0.1, -0.05) is 12.8 Å². The smallest absolute Gasteiger partial charge is 0.251 e. The van der Waals surface area contributed by atoms with Crippen molar-refractivity contribution in [3.8, 4) is 0 Å². The number of nitrogens with zero attached hydrogens (tertiary/aromatic N) is 1. The highest BCUT2D eigenvalue weighted by Crippen LogP contribution is 2.26. The second kappa shape index (κ2) is 5.64. The molecule has 1 aliphatic rings. The lowest BCUT2D eigenvalue weighted by molar-refractivity contribution is 0.164. The van der Waals surface area contributed by atoms with Crippen LogP contribution in [0.15, 0.2) is 10.4 Å². The molecule has 0 saturated heterocycles. The second-order valence-electron chi connectivity index (χ2n) is 4.65. The van der Waals surface area contributed by atoms with Crippen LogP contribution in [0.5, 0.6) is 0 Å². The highest BCUT2D eigenvalue weighted by atomic mass is 32.2. The Hall–Kier alpha value is -0.500. The van der Waals surface area contributed by atoms with E-state index in [1.165, 1.54) is 17.5 Å². The van der Waals surface area contributed by atoms with Crippen LogP contribution >= 0.6 is 11.3 Å². The molecule has 1 heterocycles. The number of hydrogen-bond acceptors (Lipinski definition) is 5. The van der Waals surface area contributed by atoms with Gasteiger partial charge in [-0.25, -0.2) is 18.1 Å². The number of rotatable bonds is 4. The van der Waals surface area contributed by atoms with E-state index >= 15 is 0 Å². The van der Waals surface area contributed by atoms with E-state index in [4.69, 9.17) is 0 Å². The van der Waals surface area contributed by atoms with Gasteiger partial charge < -0.3 is 5.11 Å². The monoisotopic (exact) mass is 290 g/mol. The molecule has 0 bridgehead atoms. The third-order valence-corrected chi connectivity index (χ3v) is 6.18. The fraction of sp³-hybridized carbons (Fsp3) is 0.727. The van der Waals surface area contributed by atoms with Gasteiger partial charge in [0.1, 0.15) is 0 Å². The molecule has 2 rings (SSSR count). The van der Waals surface area contributed by atoms with Crippen LogP contribution in [0.3, 0.4) is 0 Å². The molecule has 1 fully saturated rings. The SMILES string of the molecule is Cc1ncc(S(=O)(=O)NC2CCCCC2CO)s1. The maximum Gasteiger partial charge on any atom is 0.251 e. The molecule has 2 atom stereocenters. The van der Waals surface area contributed by atoms with E-state index in [1.54, 1.807) is 6.92 Å². The Bertz CT molecular complexity index is 498. The lowest BCUT2D eigenvalue weighted by Gasteiger charge is -2.30. The summed E-state index contributed by atoms with van der Waals surface area (Å²) in [5.41, 5.74) is 0. The number of sulfonamides is 1. The number of aromatic nitrogens is 1. The Morgan fingerprint density at radius 1 is 1.50 bits per heavy atom. The molecule has 1 saturated carbocycles. The molecule has 2 unspecified atom stereocenters. The number of aliphatic hydroxyl groups is 1. The first-order chi connectivity index (χ1) is 8.53. The summed E-state index contributed by atoms with van der Waals surface area (Å²) in [4.78, 5) is 3.97. The Morgan fingerprint density at radius 3 is 2.83 bits per heavy atom. The number of thiazole rings is 1. The summed E-state index contributed by atoms with van der Waals surface area (Å²) in [6.07, 6.45) is 5.13. The average molecular weight is 290 g/mol. The second-order valence-corrected chi connectivity index (χ2v) is 7.83. The van der Waals surface area contributed by atoms with E-state index in [9.17, 15) is 13.5 Å². The average Bonchev–Trinajstić information content (AvgIpc) is 2.77. The fourth-order valence-electron chi connectivity index (χ4n) is 2.30. The van der Waals surface area contributed by atoms with Gasteiger partial charge in [-0.15, -0.1) is 11.3 Å². The summed E-state index contributed by atoms with van der Waals surface area (Å²) in [6, 6.07) is -0.156. The molecule has 0 aliphatic heterocycles. The van der Waals surface area contributed by atoms with E-state index < -0.39 is 10.0 Å².